The average Bonchev–Trinajstić information content (AvgIpc) is 2.48. The lowest BCUT2D eigenvalue weighted by Gasteiger charge is -2.25. The molecule has 0 aromatic heterocycles. The van der Waals surface area contributed by atoms with E-state index < -0.39 is 10.0 Å². The van der Waals surface area contributed by atoms with E-state index in [4.69, 9.17) is 0 Å². The maximum atomic E-state index is 13.4. The molecule has 0 bridgehead atoms. The molecule has 1 amide bonds. The number of carbonyl (C=O) groups excluding carboxylic acids is 1. The Morgan fingerprint density at radius 1 is 1.27 bits per heavy atom. The predicted molar refractivity (Wildman–Crippen MR) is 82.3 cm³/mol. The zero-order chi connectivity index (χ0) is 16.0. The van der Waals surface area contributed by atoms with Crippen molar-refractivity contribution in [2.24, 2.45) is 0 Å². The Kier molecular flexibility index (Phi) is 5.90. The van der Waals surface area contributed by atoms with E-state index in [0.29, 0.717) is 31.5 Å². The van der Waals surface area contributed by atoms with Crippen molar-refractivity contribution in [1.29, 1.82) is 0 Å². The fourth-order valence-corrected chi connectivity index (χ4v) is 4.05. The first-order valence-electron chi connectivity index (χ1n) is 7.47. The maximum Gasteiger partial charge on any atom is 0.221 e. The smallest absolute Gasteiger partial charge is 0.221 e. The van der Waals surface area contributed by atoms with Crippen LogP contribution in [-0.4, -0.2) is 44.0 Å². The van der Waals surface area contributed by atoms with Gasteiger partial charge in [-0.2, -0.15) is 0 Å². The lowest BCUT2D eigenvalue weighted by Crippen LogP contribution is -2.40. The molecule has 0 atom stereocenters. The lowest BCUT2D eigenvalue weighted by atomic mass is 10.1. The molecule has 22 heavy (non-hydrogen) atoms. The summed E-state index contributed by atoms with van der Waals surface area (Å²) in [6.45, 7) is 1.05. The number of carbonyl (C=O) groups is 1. The van der Waals surface area contributed by atoms with Crippen molar-refractivity contribution >= 4 is 15.9 Å². The third kappa shape index (κ3) is 4.78. The summed E-state index contributed by atoms with van der Waals surface area (Å²) in [7, 11) is -3.18. The molecule has 7 heteroatoms. The number of amides is 1. The van der Waals surface area contributed by atoms with Gasteiger partial charge in [0.15, 0.2) is 0 Å². The summed E-state index contributed by atoms with van der Waals surface area (Å²) in [5.41, 5.74) is 0.557. The molecule has 0 spiro atoms. The van der Waals surface area contributed by atoms with E-state index in [9.17, 15) is 17.6 Å². The van der Waals surface area contributed by atoms with Crippen molar-refractivity contribution in [2.75, 3.05) is 25.4 Å². The van der Waals surface area contributed by atoms with Crippen LogP contribution >= 0.6 is 0 Å². The maximum absolute atomic E-state index is 13.4. The molecule has 2 rings (SSSR count). The van der Waals surface area contributed by atoms with Crippen molar-refractivity contribution in [3.8, 4) is 0 Å². The van der Waals surface area contributed by atoms with Crippen LogP contribution in [0.15, 0.2) is 24.3 Å². The minimum Gasteiger partial charge on any atom is -0.356 e. The van der Waals surface area contributed by atoms with Gasteiger partial charge in [0, 0.05) is 26.1 Å². The Morgan fingerprint density at radius 2 is 2.05 bits per heavy atom. The Bertz CT molecular complexity index is 619. The quantitative estimate of drug-likeness (QED) is 0.856. The first-order chi connectivity index (χ1) is 10.5. The lowest BCUT2D eigenvalue weighted by molar-refractivity contribution is -0.121. The standard InChI is InChI=1S/C15H21FN2O3S/c16-14-6-2-1-5-13(14)7-9-17-15(19)8-11-18-10-3-4-12-22(18,20)21/h1-2,5-6H,3-4,7-12H2,(H,17,19). The van der Waals surface area contributed by atoms with Crippen LogP contribution in [0.4, 0.5) is 4.39 Å². The SMILES string of the molecule is O=C(CCN1CCCCS1(=O)=O)NCCc1ccccc1F. The van der Waals surface area contributed by atoms with Gasteiger partial charge in [0.2, 0.25) is 15.9 Å². The number of sulfonamides is 1. The van der Waals surface area contributed by atoms with Gasteiger partial charge in [-0.3, -0.25) is 4.79 Å². The molecule has 0 aliphatic carbocycles. The van der Waals surface area contributed by atoms with E-state index in [-0.39, 0.29) is 30.4 Å². The number of hydrogen-bond donors (Lipinski definition) is 1. The number of halogens is 1. The zero-order valence-electron chi connectivity index (χ0n) is 12.4. The number of hydrogen-bond acceptors (Lipinski definition) is 3. The van der Waals surface area contributed by atoms with Crippen LogP contribution in [0.1, 0.15) is 24.8 Å². The van der Waals surface area contributed by atoms with Crippen molar-refractivity contribution < 1.29 is 17.6 Å². The number of nitrogens with zero attached hydrogens (tertiary/aromatic N) is 1. The molecule has 1 aliphatic rings. The predicted octanol–water partition coefficient (Wildman–Crippen LogP) is 1.30. The van der Waals surface area contributed by atoms with E-state index in [2.05, 4.69) is 5.32 Å². The van der Waals surface area contributed by atoms with Crippen molar-refractivity contribution in [1.82, 2.24) is 9.62 Å². The largest absolute Gasteiger partial charge is 0.356 e. The monoisotopic (exact) mass is 328 g/mol. The highest BCUT2D eigenvalue weighted by Gasteiger charge is 2.25. The minimum absolute atomic E-state index is 0.135. The average molecular weight is 328 g/mol. The van der Waals surface area contributed by atoms with Crippen LogP contribution in [-0.2, 0) is 21.2 Å². The van der Waals surface area contributed by atoms with E-state index in [0.717, 1.165) is 6.42 Å². The van der Waals surface area contributed by atoms with Crippen molar-refractivity contribution in [2.45, 2.75) is 25.7 Å². The number of rotatable bonds is 6. The van der Waals surface area contributed by atoms with Crippen LogP contribution in [0.5, 0.6) is 0 Å². The van der Waals surface area contributed by atoms with Crippen LogP contribution in [0, 0.1) is 5.82 Å². The van der Waals surface area contributed by atoms with Gasteiger partial charge < -0.3 is 5.32 Å². The van der Waals surface area contributed by atoms with Gasteiger partial charge >= 0.3 is 0 Å². The third-order valence-corrected chi connectivity index (χ3v) is 5.67. The Balaban J connectivity index is 1.71. The van der Waals surface area contributed by atoms with Crippen LogP contribution in [0.2, 0.25) is 0 Å². The highest BCUT2D eigenvalue weighted by Crippen LogP contribution is 2.13. The first-order valence-corrected chi connectivity index (χ1v) is 9.08. The van der Waals surface area contributed by atoms with E-state index >= 15 is 0 Å². The Labute approximate surface area is 130 Å². The van der Waals surface area contributed by atoms with E-state index in [1.807, 2.05) is 0 Å². The second-order valence-corrected chi connectivity index (χ2v) is 7.45. The molecule has 1 saturated heterocycles. The molecule has 0 saturated carbocycles. The topological polar surface area (TPSA) is 66.5 Å². The summed E-state index contributed by atoms with van der Waals surface area (Å²) in [6, 6.07) is 6.44. The van der Waals surface area contributed by atoms with E-state index in [1.165, 1.54) is 10.4 Å². The zero-order valence-corrected chi connectivity index (χ0v) is 13.2. The molecule has 0 radical (unpaired) electrons. The van der Waals surface area contributed by atoms with Crippen LogP contribution in [0.3, 0.4) is 0 Å². The van der Waals surface area contributed by atoms with Gasteiger partial charge in [-0.25, -0.2) is 17.1 Å². The Morgan fingerprint density at radius 3 is 2.77 bits per heavy atom. The molecule has 1 fully saturated rings. The second kappa shape index (κ2) is 7.69. The molecule has 122 valence electrons. The van der Waals surface area contributed by atoms with Gasteiger partial charge in [0.25, 0.3) is 0 Å². The van der Waals surface area contributed by atoms with Gasteiger partial charge in [0.05, 0.1) is 5.75 Å². The highest BCUT2D eigenvalue weighted by molar-refractivity contribution is 7.89. The van der Waals surface area contributed by atoms with Crippen LogP contribution in [0.25, 0.3) is 0 Å². The summed E-state index contributed by atoms with van der Waals surface area (Å²) in [5, 5.41) is 2.70. The molecule has 1 aromatic carbocycles. The van der Waals surface area contributed by atoms with Crippen molar-refractivity contribution in [3.05, 3.63) is 35.6 Å². The normalized spacial score (nSPS) is 18.0. The molecule has 0 unspecified atom stereocenters. The minimum atomic E-state index is -3.18. The summed E-state index contributed by atoms with van der Waals surface area (Å²) >= 11 is 0. The van der Waals surface area contributed by atoms with Gasteiger partial charge in [-0.15, -0.1) is 0 Å². The molecule has 1 N–H and O–H groups in total. The Hall–Kier alpha value is -1.47. The highest BCUT2D eigenvalue weighted by atomic mass is 32.2. The third-order valence-electron chi connectivity index (χ3n) is 3.72. The molecule has 1 heterocycles. The fraction of sp³-hybridized carbons (Fsp3) is 0.533. The van der Waals surface area contributed by atoms with E-state index in [1.54, 1.807) is 18.2 Å². The van der Waals surface area contributed by atoms with Gasteiger partial charge in [0.1, 0.15) is 5.82 Å². The molecular formula is C15H21FN2O3S. The number of benzene rings is 1. The molecule has 1 aromatic rings. The molecule has 5 nitrogen and oxygen atoms in total. The summed E-state index contributed by atoms with van der Waals surface area (Å²) in [4.78, 5) is 11.7. The summed E-state index contributed by atoms with van der Waals surface area (Å²) in [6.07, 6.45) is 2.08. The van der Waals surface area contributed by atoms with Gasteiger partial charge in [-0.05, 0) is 30.9 Å². The molecule has 1 aliphatic heterocycles. The molecular weight excluding hydrogens is 307 g/mol. The first kappa shape index (κ1) is 16.9. The summed E-state index contributed by atoms with van der Waals surface area (Å²) < 4.78 is 38.4. The second-order valence-electron chi connectivity index (χ2n) is 5.36. The fourth-order valence-electron chi connectivity index (χ4n) is 2.44. The number of nitrogens with one attached hydrogen (secondary N) is 1. The summed E-state index contributed by atoms with van der Waals surface area (Å²) in [5.74, 6) is -0.324. The van der Waals surface area contributed by atoms with Gasteiger partial charge in [-0.1, -0.05) is 18.2 Å². The van der Waals surface area contributed by atoms with Crippen molar-refractivity contribution in [3.63, 3.8) is 0 Å². The van der Waals surface area contributed by atoms with Crippen LogP contribution < -0.4 is 5.32 Å².